The van der Waals surface area contributed by atoms with Gasteiger partial charge in [0.25, 0.3) is 0 Å². The SMILES string of the molecule is CCCCCCNC1CCCC(C)CC1. The number of unbranched alkanes of at least 4 members (excludes halogenated alkanes) is 3. The summed E-state index contributed by atoms with van der Waals surface area (Å²) in [5.41, 5.74) is 0. The molecule has 0 heterocycles. The predicted octanol–water partition coefficient (Wildman–Crippen LogP) is 4.13. The zero-order valence-corrected chi connectivity index (χ0v) is 10.7. The zero-order chi connectivity index (χ0) is 10.9. The highest BCUT2D eigenvalue weighted by Gasteiger charge is 2.14. The highest BCUT2D eigenvalue weighted by Crippen LogP contribution is 2.22. The fraction of sp³-hybridized carbons (Fsp3) is 1.00. The van der Waals surface area contributed by atoms with Crippen LogP contribution in [0.4, 0.5) is 0 Å². The van der Waals surface area contributed by atoms with Gasteiger partial charge in [0, 0.05) is 6.04 Å². The molecule has 1 nitrogen and oxygen atoms in total. The molecule has 0 radical (unpaired) electrons. The Bertz CT molecular complexity index is 144. The van der Waals surface area contributed by atoms with Gasteiger partial charge in [-0.05, 0) is 38.1 Å². The van der Waals surface area contributed by atoms with Crippen molar-refractivity contribution in [2.45, 2.75) is 77.7 Å². The minimum absolute atomic E-state index is 0.830. The minimum atomic E-state index is 0.830. The van der Waals surface area contributed by atoms with Gasteiger partial charge in [-0.25, -0.2) is 0 Å². The Morgan fingerprint density at radius 3 is 2.67 bits per heavy atom. The van der Waals surface area contributed by atoms with E-state index in [0.29, 0.717) is 0 Å². The number of hydrogen-bond acceptors (Lipinski definition) is 1. The van der Waals surface area contributed by atoms with Gasteiger partial charge in [0.1, 0.15) is 0 Å². The van der Waals surface area contributed by atoms with E-state index >= 15 is 0 Å². The van der Waals surface area contributed by atoms with Crippen LogP contribution in [-0.2, 0) is 0 Å². The minimum Gasteiger partial charge on any atom is -0.314 e. The second kappa shape index (κ2) is 8.15. The normalized spacial score (nSPS) is 27.6. The Morgan fingerprint density at radius 2 is 1.87 bits per heavy atom. The van der Waals surface area contributed by atoms with E-state index in [0.717, 1.165) is 12.0 Å². The quantitative estimate of drug-likeness (QED) is 0.514. The van der Waals surface area contributed by atoms with Gasteiger partial charge in [-0.2, -0.15) is 0 Å². The van der Waals surface area contributed by atoms with E-state index in [9.17, 15) is 0 Å². The molecule has 0 amide bonds. The molecule has 2 unspecified atom stereocenters. The third-order valence-corrected chi connectivity index (χ3v) is 3.72. The highest BCUT2D eigenvalue weighted by atomic mass is 14.9. The number of rotatable bonds is 6. The van der Waals surface area contributed by atoms with Crippen molar-refractivity contribution >= 4 is 0 Å². The van der Waals surface area contributed by atoms with E-state index in [4.69, 9.17) is 0 Å². The molecule has 1 N–H and O–H groups in total. The first-order chi connectivity index (χ1) is 7.33. The molecular weight excluding hydrogens is 182 g/mol. The molecule has 0 aromatic rings. The van der Waals surface area contributed by atoms with Gasteiger partial charge in [-0.1, -0.05) is 46.0 Å². The van der Waals surface area contributed by atoms with E-state index in [1.165, 1.54) is 64.3 Å². The highest BCUT2D eigenvalue weighted by molar-refractivity contribution is 4.73. The molecule has 15 heavy (non-hydrogen) atoms. The van der Waals surface area contributed by atoms with Crippen molar-refractivity contribution in [1.82, 2.24) is 5.32 Å². The van der Waals surface area contributed by atoms with Gasteiger partial charge >= 0.3 is 0 Å². The third kappa shape index (κ3) is 6.19. The smallest absolute Gasteiger partial charge is 0.00671 e. The van der Waals surface area contributed by atoms with E-state index in [-0.39, 0.29) is 0 Å². The monoisotopic (exact) mass is 211 g/mol. The molecule has 0 bridgehead atoms. The van der Waals surface area contributed by atoms with Crippen LogP contribution in [0.1, 0.15) is 71.6 Å². The second-order valence-electron chi connectivity index (χ2n) is 5.33. The van der Waals surface area contributed by atoms with Gasteiger partial charge in [0.05, 0.1) is 0 Å². The molecule has 1 rings (SSSR count). The largest absolute Gasteiger partial charge is 0.314 e. The summed E-state index contributed by atoms with van der Waals surface area (Å²) in [6.45, 7) is 5.93. The summed E-state index contributed by atoms with van der Waals surface area (Å²) in [6.07, 6.45) is 12.7. The third-order valence-electron chi connectivity index (χ3n) is 3.72. The van der Waals surface area contributed by atoms with Crippen LogP contribution in [0, 0.1) is 5.92 Å². The summed E-state index contributed by atoms with van der Waals surface area (Å²) < 4.78 is 0. The van der Waals surface area contributed by atoms with Crippen molar-refractivity contribution in [3.8, 4) is 0 Å². The number of nitrogens with one attached hydrogen (secondary N) is 1. The first-order valence-electron chi connectivity index (χ1n) is 7.06. The fourth-order valence-electron chi connectivity index (χ4n) is 2.55. The first-order valence-corrected chi connectivity index (χ1v) is 7.06. The molecule has 2 atom stereocenters. The maximum absolute atomic E-state index is 3.74. The zero-order valence-electron chi connectivity index (χ0n) is 10.7. The van der Waals surface area contributed by atoms with Crippen molar-refractivity contribution < 1.29 is 0 Å². The fourth-order valence-corrected chi connectivity index (χ4v) is 2.55. The maximum Gasteiger partial charge on any atom is 0.00671 e. The van der Waals surface area contributed by atoms with E-state index in [1.54, 1.807) is 0 Å². The van der Waals surface area contributed by atoms with Gasteiger partial charge in [-0.3, -0.25) is 0 Å². The molecule has 1 aliphatic carbocycles. The Kier molecular flexibility index (Phi) is 7.08. The summed E-state index contributed by atoms with van der Waals surface area (Å²) in [6, 6.07) is 0.830. The molecule has 90 valence electrons. The van der Waals surface area contributed by atoms with Crippen LogP contribution in [0.5, 0.6) is 0 Å². The molecule has 0 aromatic carbocycles. The van der Waals surface area contributed by atoms with Gasteiger partial charge < -0.3 is 5.32 Å². The Hall–Kier alpha value is -0.0400. The predicted molar refractivity (Wildman–Crippen MR) is 68.2 cm³/mol. The van der Waals surface area contributed by atoms with Gasteiger partial charge in [-0.15, -0.1) is 0 Å². The maximum atomic E-state index is 3.74. The summed E-state index contributed by atoms with van der Waals surface area (Å²) in [7, 11) is 0. The van der Waals surface area contributed by atoms with Crippen LogP contribution >= 0.6 is 0 Å². The topological polar surface area (TPSA) is 12.0 Å². The molecule has 1 aliphatic rings. The van der Waals surface area contributed by atoms with Gasteiger partial charge in [0.2, 0.25) is 0 Å². The van der Waals surface area contributed by atoms with Crippen LogP contribution in [-0.4, -0.2) is 12.6 Å². The molecule has 0 aliphatic heterocycles. The van der Waals surface area contributed by atoms with Crippen LogP contribution in [0.25, 0.3) is 0 Å². The summed E-state index contributed by atoms with van der Waals surface area (Å²) in [4.78, 5) is 0. The van der Waals surface area contributed by atoms with Crippen molar-refractivity contribution in [2.75, 3.05) is 6.54 Å². The lowest BCUT2D eigenvalue weighted by atomic mass is 10.0. The molecule has 1 heteroatoms. The summed E-state index contributed by atoms with van der Waals surface area (Å²) in [5.74, 6) is 0.969. The second-order valence-corrected chi connectivity index (χ2v) is 5.33. The Morgan fingerprint density at radius 1 is 1.00 bits per heavy atom. The van der Waals surface area contributed by atoms with E-state index in [1.807, 2.05) is 0 Å². The molecular formula is C14H29N. The first kappa shape index (κ1) is 13.0. The standard InChI is InChI=1S/C14H29N/c1-3-4-5-6-12-15-14-9-7-8-13(2)10-11-14/h13-15H,3-12H2,1-2H3. The lowest BCUT2D eigenvalue weighted by Crippen LogP contribution is -2.29. The van der Waals surface area contributed by atoms with E-state index in [2.05, 4.69) is 19.2 Å². The van der Waals surface area contributed by atoms with Crippen LogP contribution < -0.4 is 5.32 Å². The molecule has 0 aromatic heterocycles. The lowest BCUT2D eigenvalue weighted by molar-refractivity contribution is 0.440. The Balaban J connectivity index is 2.00. The van der Waals surface area contributed by atoms with Crippen molar-refractivity contribution in [1.29, 1.82) is 0 Å². The lowest BCUT2D eigenvalue weighted by Gasteiger charge is -2.16. The molecule has 0 spiro atoms. The number of hydrogen-bond donors (Lipinski definition) is 1. The Labute approximate surface area is 96.0 Å². The van der Waals surface area contributed by atoms with Gasteiger partial charge in [0.15, 0.2) is 0 Å². The van der Waals surface area contributed by atoms with E-state index < -0.39 is 0 Å². The average molecular weight is 211 g/mol. The summed E-state index contributed by atoms with van der Waals surface area (Å²) >= 11 is 0. The van der Waals surface area contributed by atoms with Crippen LogP contribution in [0.3, 0.4) is 0 Å². The van der Waals surface area contributed by atoms with Crippen molar-refractivity contribution in [2.24, 2.45) is 5.92 Å². The van der Waals surface area contributed by atoms with Crippen LogP contribution in [0.2, 0.25) is 0 Å². The average Bonchev–Trinajstić information content (AvgIpc) is 2.43. The van der Waals surface area contributed by atoms with Crippen molar-refractivity contribution in [3.05, 3.63) is 0 Å². The molecule has 1 saturated carbocycles. The van der Waals surface area contributed by atoms with Crippen LogP contribution in [0.15, 0.2) is 0 Å². The molecule has 1 fully saturated rings. The molecule has 0 saturated heterocycles. The van der Waals surface area contributed by atoms with Crippen molar-refractivity contribution in [3.63, 3.8) is 0 Å². The summed E-state index contributed by atoms with van der Waals surface area (Å²) in [5, 5.41) is 3.74.